The van der Waals surface area contributed by atoms with Gasteiger partial charge in [-0.25, -0.2) is 4.79 Å². The van der Waals surface area contributed by atoms with E-state index in [0.29, 0.717) is 6.54 Å². The summed E-state index contributed by atoms with van der Waals surface area (Å²) < 4.78 is 8.14. The highest BCUT2D eigenvalue weighted by Crippen LogP contribution is 2.24. The van der Waals surface area contributed by atoms with Crippen molar-refractivity contribution in [3.63, 3.8) is 0 Å². The zero-order valence-electron chi connectivity index (χ0n) is 9.01. The Morgan fingerprint density at radius 3 is 3.06 bits per heavy atom. The highest BCUT2D eigenvalue weighted by molar-refractivity contribution is 5.72. The SMILES string of the molecule is Cn1c(=O)[nH]c(=O)c2c1nc1n2C[C@H](CO)O1. The van der Waals surface area contributed by atoms with E-state index >= 15 is 0 Å². The van der Waals surface area contributed by atoms with Crippen LogP contribution < -0.4 is 16.0 Å². The van der Waals surface area contributed by atoms with Crippen molar-refractivity contribution in [2.24, 2.45) is 7.05 Å². The van der Waals surface area contributed by atoms with Gasteiger partial charge in [-0.15, -0.1) is 0 Å². The molecule has 0 bridgehead atoms. The summed E-state index contributed by atoms with van der Waals surface area (Å²) in [4.78, 5) is 29.4. The maximum absolute atomic E-state index is 11.7. The van der Waals surface area contributed by atoms with E-state index in [1.54, 1.807) is 4.57 Å². The number of fused-ring (bicyclic) bond motifs is 3. The van der Waals surface area contributed by atoms with E-state index < -0.39 is 17.4 Å². The number of hydrogen-bond acceptors (Lipinski definition) is 5. The molecule has 3 heterocycles. The van der Waals surface area contributed by atoms with Crippen molar-refractivity contribution in [2.75, 3.05) is 6.61 Å². The lowest BCUT2D eigenvalue weighted by Crippen LogP contribution is -2.30. The van der Waals surface area contributed by atoms with E-state index in [2.05, 4.69) is 9.97 Å². The van der Waals surface area contributed by atoms with Gasteiger partial charge >= 0.3 is 5.69 Å². The molecule has 1 aliphatic heterocycles. The van der Waals surface area contributed by atoms with Crippen LogP contribution in [0.2, 0.25) is 0 Å². The van der Waals surface area contributed by atoms with Gasteiger partial charge in [-0.3, -0.25) is 18.9 Å². The minimum atomic E-state index is -0.516. The van der Waals surface area contributed by atoms with Crippen molar-refractivity contribution in [1.29, 1.82) is 0 Å². The molecule has 0 amide bonds. The van der Waals surface area contributed by atoms with E-state index in [1.807, 2.05) is 0 Å². The summed E-state index contributed by atoms with van der Waals surface area (Å²) in [5, 5.41) is 8.99. The number of nitrogens with zero attached hydrogens (tertiary/aromatic N) is 3. The first-order chi connectivity index (χ1) is 8.11. The molecular weight excluding hydrogens is 228 g/mol. The lowest BCUT2D eigenvalue weighted by atomic mass is 10.4. The number of imidazole rings is 1. The zero-order chi connectivity index (χ0) is 12.2. The van der Waals surface area contributed by atoms with Gasteiger partial charge in [-0.1, -0.05) is 0 Å². The molecule has 3 rings (SSSR count). The fourth-order valence-corrected chi connectivity index (χ4v) is 1.96. The standard InChI is InChI=1S/C9H10N4O4/c1-12-6-5(7(15)11-8(12)16)13-2-4(3-14)17-9(13)10-6/h4,14H,2-3H2,1H3,(H,11,15,16)/t4-/m1/s1. The van der Waals surface area contributed by atoms with E-state index in [0.717, 1.165) is 0 Å². The fraction of sp³-hybridized carbons (Fsp3) is 0.444. The molecule has 0 radical (unpaired) electrons. The summed E-state index contributed by atoms with van der Waals surface area (Å²) >= 11 is 0. The van der Waals surface area contributed by atoms with Gasteiger partial charge in [-0.2, -0.15) is 4.98 Å². The highest BCUT2D eigenvalue weighted by atomic mass is 16.5. The third-order valence-corrected chi connectivity index (χ3v) is 2.83. The number of nitrogens with one attached hydrogen (secondary N) is 1. The monoisotopic (exact) mass is 238 g/mol. The second kappa shape index (κ2) is 3.20. The molecule has 8 heteroatoms. The molecule has 0 saturated heterocycles. The van der Waals surface area contributed by atoms with Crippen molar-refractivity contribution in [3.8, 4) is 6.01 Å². The summed E-state index contributed by atoms with van der Waals surface area (Å²) in [5.41, 5.74) is -0.440. The molecule has 0 unspecified atom stereocenters. The molecule has 0 aliphatic carbocycles. The van der Waals surface area contributed by atoms with Crippen molar-refractivity contribution in [3.05, 3.63) is 20.8 Å². The first kappa shape index (κ1) is 10.1. The first-order valence-corrected chi connectivity index (χ1v) is 5.09. The summed E-state index contributed by atoms with van der Waals surface area (Å²) in [6.07, 6.45) is -0.390. The van der Waals surface area contributed by atoms with Gasteiger partial charge in [0.25, 0.3) is 11.6 Å². The van der Waals surface area contributed by atoms with Gasteiger partial charge in [0.15, 0.2) is 11.2 Å². The Balaban J connectivity index is 2.35. The van der Waals surface area contributed by atoms with Gasteiger partial charge in [-0.05, 0) is 0 Å². The van der Waals surface area contributed by atoms with Crippen molar-refractivity contribution in [1.82, 2.24) is 19.1 Å². The average Bonchev–Trinajstić information content (AvgIpc) is 2.81. The number of hydrogen-bond donors (Lipinski definition) is 2. The third-order valence-electron chi connectivity index (χ3n) is 2.83. The van der Waals surface area contributed by atoms with Gasteiger partial charge in [0.1, 0.15) is 6.10 Å². The Kier molecular flexibility index (Phi) is 1.90. The Hall–Kier alpha value is -2.09. The van der Waals surface area contributed by atoms with E-state index in [4.69, 9.17) is 9.84 Å². The third kappa shape index (κ3) is 1.24. The second-order valence-corrected chi connectivity index (χ2v) is 3.92. The van der Waals surface area contributed by atoms with Crippen LogP contribution in [0.5, 0.6) is 6.01 Å². The minimum Gasteiger partial charge on any atom is -0.457 e. The van der Waals surface area contributed by atoms with Crippen LogP contribution in [0.15, 0.2) is 9.59 Å². The quantitative estimate of drug-likeness (QED) is 0.608. The number of aromatic amines is 1. The average molecular weight is 238 g/mol. The van der Waals surface area contributed by atoms with Gasteiger partial charge in [0.05, 0.1) is 13.2 Å². The number of aliphatic hydroxyl groups excluding tert-OH is 1. The fourth-order valence-electron chi connectivity index (χ4n) is 1.96. The van der Waals surface area contributed by atoms with E-state index in [1.165, 1.54) is 11.6 Å². The number of ether oxygens (including phenoxy) is 1. The van der Waals surface area contributed by atoms with Gasteiger partial charge in [0.2, 0.25) is 0 Å². The van der Waals surface area contributed by atoms with Gasteiger partial charge < -0.3 is 9.84 Å². The Bertz CT molecular complexity index is 710. The number of rotatable bonds is 1. The molecule has 1 atom stereocenters. The molecule has 2 aromatic rings. The summed E-state index contributed by atoms with van der Waals surface area (Å²) in [7, 11) is 1.52. The summed E-state index contributed by atoms with van der Waals surface area (Å²) in [5.74, 6) is 0. The Labute approximate surface area is 94.1 Å². The summed E-state index contributed by atoms with van der Waals surface area (Å²) in [6.45, 7) is 0.206. The Morgan fingerprint density at radius 2 is 2.35 bits per heavy atom. The normalized spacial score (nSPS) is 18.4. The van der Waals surface area contributed by atoms with Crippen LogP contribution >= 0.6 is 0 Å². The number of aromatic nitrogens is 4. The van der Waals surface area contributed by atoms with Crippen LogP contribution in [0.3, 0.4) is 0 Å². The highest BCUT2D eigenvalue weighted by Gasteiger charge is 2.28. The molecule has 90 valence electrons. The summed E-state index contributed by atoms with van der Waals surface area (Å²) in [6, 6.07) is 0.255. The maximum Gasteiger partial charge on any atom is 0.329 e. The van der Waals surface area contributed by atoms with E-state index in [-0.39, 0.29) is 23.8 Å². The largest absolute Gasteiger partial charge is 0.457 e. The first-order valence-electron chi connectivity index (χ1n) is 5.09. The van der Waals surface area contributed by atoms with Crippen molar-refractivity contribution < 1.29 is 9.84 Å². The lowest BCUT2D eigenvalue weighted by molar-refractivity contribution is 0.130. The lowest BCUT2D eigenvalue weighted by Gasteiger charge is -2.04. The number of H-pyrrole nitrogens is 1. The molecule has 17 heavy (non-hydrogen) atoms. The molecule has 2 N–H and O–H groups in total. The molecule has 0 aromatic carbocycles. The van der Waals surface area contributed by atoms with E-state index in [9.17, 15) is 9.59 Å². The minimum absolute atomic E-state index is 0.144. The smallest absolute Gasteiger partial charge is 0.329 e. The predicted molar refractivity (Wildman–Crippen MR) is 57.1 cm³/mol. The number of aryl methyl sites for hydroxylation is 1. The molecule has 0 saturated carbocycles. The van der Waals surface area contributed by atoms with Crippen molar-refractivity contribution >= 4 is 11.2 Å². The van der Waals surface area contributed by atoms with Crippen LogP contribution in [0, 0.1) is 0 Å². The Morgan fingerprint density at radius 1 is 1.59 bits per heavy atom. The molecule has 0 fully saturated rings. The second-order valence-electron chi connectivity index (χ2n) is 3.92. The van der Waals surface area contributed by atoms with Crippen LogP contribution in [-0.4, -0.2) is 36.9 Å². The predicted octanol–water partition coefficient (Wildman–Crippen LogP) is -1.82. The van der Waals surface area contributed by atoms with Gasteiger partial charge in [0, 0.05) is 7.05 Å². The molecule has 0 spiro atoms. The topological polar surface area (TPSA) is 102 Å². The molecule has 2 aromatic heterocycles. The maximum atomic E-state index is 11.7. The zero-order valence-corrected chi connectivity index (χ0v) is 9.01. The van der Waals surface area contributed by atoms with Crippen molar-refractivity contribution in [2.45, 2.75) is 12.6 Å². The molecule has 8 nitrogen and oxygen atoms in total. The van der Waals surface area contributed by atoms with Crippen LogP contribution in [0.25, 0.3) is 11.2 Å². The van der Waals surface area contributed by atoms with Crippen LogP contribution in [-0.2, 0) is 13.6 Å². The van der Waals surface area contributed by atoms with Crippen LogP contribution in [0.1, 0.15) is 0 Å². The van der Waals surface area contributed by atoms with Crippen LogP contribution in [0.4, 0.5) is 0 Å². The molecule has 1 aliphatic rings. The number of aliphatic hydroxyl groups is 1. The molecular formula is C9H10N4O4.